The maximum Gasteiger partial charge on any atom is 0.290 e. The molecule has 1 aliphatic rings. The fourth-order valence-electron chi connectivity index (χ4n) is 3.48. The van der Waals surface area contributed by atoms with Crippen molar-refractivity contribution in [3.05, 3.63) is 77.1 Å². The van der Waals surface area contributed by atoms with E-state index in [4.69, 9.17) is 4.74 Å². The molecule has 0 unspecified atom stereocenters. The Hall–Kier alpha value is -3.75. The predicted molar refractivity (Wildman–Crippen MR) is 108 cm³/mol. The molecule has 7 nitrogen and oxygen atoms in total. The Balaban J connectivity index is 1.42. The van der Waals surface area contributed by atoms with Crippen molar-refractivity contribution in [2.24, 2.45) is 0 Å². The minimum atomic E-state index is -0.579. The molecule has 2 N–H and O–H groups in total. The monoisotopic (exact) mass is 426 g/mol. The number of benzene rings is 2. The van der Waals surface area contributed by atoms with E-state index in [1.807, 2.05) is 0 Å². The van der Waals surface area contributed by atoms with Crippen LogP contribution in [0.5, 0.6) is 5.75 Å². The van der Waals surface area contributed by atoms with Gasteiger partial charge in [-0.15, -0.1) is 0 Å². The zero-order valence-electron chi connectivity index (χ0n) is 16.5. The lowest BCUT2D eigenvalue weighted by Crippen LogP contribution is -2.44. The molecule has 0 aliphatic heterocycles. The molecule has 0 radical (unpaired) electrons. The molecular formula is C22H20F2N4O3. The van der Waals surface area contributed by atoms with Crippen LogP contribution in [0.4, 0.5) is 8.78 Å². The smallest absolute Gasteiger partial charge is 0.290 e. The summed E-state index contributed by atoms with van der Waals surface area (Å²) in [5.41, 5.74) is 7.26. The molecule has 0 saturated heterocycles. The first-order valence-electron chi connectivity index (χ1n) is 9.85. The number of hydrazine groups is 1. The van der Waals surface area contributed by atoms with Crippen LogP contribution >= 0.6 is 0 Å². The van der Waals surface area contributed by atoms with Gasteiger partial charge >= 0.3 is 0 Å². The second-order valence-electron chi connectivity index (χ2n) is 7.11. The number of carbonyl (C=O) groups is 2. The maximum absolute atomic E-state index is 13.3. The summed E-state index contributed by atoms with van der Waals surface area (Å²) in [5, 5.41) is 4.44. The fraction of sp³-hybridized carbons (Fsp3) is 0.227. The highest BCUT2D eigenvalue weighted by Gasteiger charge is 2.25. The van der Waals surface area contributed by atoms with Crippen LogP contribution in [0.25, 0.3) is 5.69 Å². The molecule has 3 aromatic rings. The van der Waals surface area contributed by atoms with Gasteiger partial charge in [0.15, 0.2) is 12.3 Å². The van der Waals surface area contributed by atoms with E-state index in [2.05, 4.69) is 16.0 Å². The number of ether oxygens (including phenoxy) is 1. The minimum Gasteiger partial charge on any atom is -0.484 e. The number of aromatic nitrogens is 2. The average molecular weight is 426 g/mol. The lowest BCUT2D eigenvalue weighted by molar-refractivity contribution is -0.123. The zero-order chi connectivity index (χ0) is 21.8. The van der Waals surface area contributed by atoms with Crippen molar-refractivity contribution in [1.29, 1.82) is 0 Å². The molecule has 1 aliphatic carbocycles. The highest BCUT2D eigenvalue weighted by atomic mass is 19.1. The first kappa shape index (κ1) is 20.5. The first-order valence-corrected chi connectivity index (χ1v) is 9.85. The van der Waals surface area contributed by atoms with Gasteiger partial charge in [0.25, 0.3) is 11.8 Å². The van der Waals surface area contributed by atoms with Crippen LogP contribution in [-0.2, 0) is 17.6 Å². The number of amides is 2. The Morgan fingerprint density at radius 2 is 1.58 bits per heavy atom. The number of nitrogens with one attached hydrogen (secondary N) is 2. The molecule has 1 aromatic heterocycles. The van der Waals surface area contributed by atoms with E-state index in [1.165, 1.54) is 36.4 Å². The standard InChI is InChI=1S/C22H20F2N4O3/c23-14-5-9-16(10-6-14)28-19-4-2-1-3-18(19)21(27-28)22(30)26-25-20(29)13-31-17-11-7-15(24)8-12-17/h5-12H,1-4,13H2,(H,25,29)(H,26,30). The van der Waals surface area contributed by atoms with Crippen molar-refractivity contribution in [3.63, 3.8) is 0 Å². The normalized spacial score (nSPS) is 12.7. The molecule has 160 valence electrons. The van der Waals surface area contributed by atoms with Crippen molar-refractivity contribution in [1.82, 2.24) is 20.6 Å². The van der Waals surface area contributed by atoms with E-state index in [0.29, 0.717) is 17.9 Å². The van der Waals surface area contributed by atoms with Crippen LogP contribution in [0.1, 0.15) is 34.6 Å². The van der Waals surface area contributed by atoms with E-state index in [1.54, 1.807) is 16.8 Å². The highest BCUT2D eigenvalue weighted by Crippen LogP contribution is 2.27. The second kappa shape index (κ2) is 8.95. The average Bonchev–Trinajstić information content (AvgIpc) is 3.17. The van der Waals surface area contributed by atoms with Gasteiger partial charge in [-0.05, 0) is 74.2 Å². The Kier molecular flexibility index (Phi) is 5.92. The zero-order valence-corrected chi connectivity index (χ0v) is 16.5. The number of nitrogens with zero attached hydrogens (tertiary/aromatic N) is 2. The molecular weight excluding hydrogens is 406 g/mol. The lowest BCUT2D eigenvalue weighted by Gasteiger charge is -2.14. The fourth-order valence-corrected chi connectivity index (χ4v) is 3.48. The van der Waals surface area contributed by atoms with Gasteiger partial charge in [0.2, 0.25) is 0 Å². The van der Waals surface area contributed by atoms with Crippen LogP contribution in [-0.4, -0.2) is 28.2 Å². The van der Waals surface area contributed by atoms with Crippen molar-refractivity contribution < 1.29 is 23.1 Å². The van der Waals surface area contributed by atoms with Gasteiger partial charge in [-0.2, -0.15) is 5.10 Å². The second-order valence-corrected chi connectivity index (χ2v) is 7.11. The third-order valence-electron chi connectivity index (χ3n) is 4.97. The molecule has 31 heavy (non-hydrogen) atoms. The Labute approximate surface area is 177 Å². The van der Waals surface area contributed by atoms with Crippen LogP contribution < -0.4 is 15.6 Å². The van der Waals surface area contributed by atoms with Crippen molar-refractivity contribution in [2.75, 3.05) is 6.61 Å². The number of halogens is 2. The molecule has 0 saturated carbocycles. The van der Waals surface area contributed by atoms with Crippen LogP contribution in [0.3, 0.4) is 0 Å². The molecule has 9 heteroatoms. The van der Waals surface area contributed by atoms with Crippen LogP contribution in [0, 0.1) is 11.6 Å². The summed E-state index contributed by atoms with van der Waals surface area (Å²) in [4.78, 5) is 24.7. The van der Waals surface area contributed by atoms with E-state index in [0.717, 1.165) is 30.5 Å². The third kappa shape index (κ3) is 4.71. The van der Waals surface area contributed by atoms with E-state index >= 15 is 0 Å². The van der Waals surface area contributed by atoms with Gasteiger partial charge in [-0.25, -0.2) is 13.5 Å². The SMILES string of the molecule is O=C(COc1ccc(F)cc1)NNC(=O)c1nn(-c2ccc(F)cc2)c2c1CCCC2. The molecule has 0 bridgehead atoms. The Morgan fingerprint density at radius 1 is 0.935 bits per heavy atom. The first-order chi connectivity index (χ1) is 15.0. The number of rotatable bonds is 5. The van der Waals surface area contributed by atoms with Crippen LogP contribution in [0.2, 0.25) is 0 Å². The number of hydrogen-bond acceptors (Lipinski definition) is 4. The highest BCUT2D eigenvalue weighted by molar-refractivity contribution is 5.95. The summed E-state index contributed by atoms with van der Waals surface area (Å²) in [6.45, 7) is -0.353. The third-order valence-corrected chi connectivity index (χ3v) is 4.97. The van der Waals surface area contributed by atoms with Crippen molar-refractivity contribution in [2.45, 2.75) is 25.7 Å². The molecule has 0 fully saturated rings. The van der Waals surface area contributed by atoms with Gasteiger partial charge < -0.3 is 4.74 Å². The summed E-state index contributed by atoms with van der Waals surface area (Å²) in [5.74, 6) is -1.56. The largest absolute Gasteiger partial charge is 0.484 e. The lowest BCUT2D eigenvalue weighted by atomic mass is 9.95. The van der Waals surface area contributed by atoms with Crippen molar-refractivity contribution in [3.8, 4) is 11.4 Å². The van der Waals surface area contributed by atoms with Gasteiger partial charge in [0, 0.05) is 11.3 Å². The minimum absolute atomic E-state index is 0.221. The van der Waals surface area contributed by atoms with Crippen LogP contribution in [0.15, 0.2) is 48.5 Å². The van der Waals surface area contributed by atoms with Crippen molar-refractivity contribution >= 4 is 11.8 Å². The molecule has 0 spiro atoms. The predicted octanol–water partition coefficient (Wildman–Crippen LogP) is 2.87. The van der Waals surface area contributed by atoms with Gasteiger partial charge in [0.05, 0.1) is 5.69 Å². The van der Waals surface area contributed by atoms with E-state index in [9.17, 15) is 18.4 Å². The molecule has 0 atom stereocenters. The number of fused-ring (bicyclic) bond motifs is 1. The summed E-state index contributed by atoms with van der Waals surface area (Å²) in [7, 11) is 0. The van der Waals surface area contributed by atoms with Gasteiger partial charge in [-0.1, -0.05) is 0 Å². The summed E-state index contributed by atoms with van der Waals surface area (Å²) >= 11 is 0. The summed E-state index contributed by atoms with van der Waals surface area (Å²) in [6, 6.07) is 11.1. The molecule has 4 rings (SSSR count). The summed E-state index contributed by atoms with van der Waals surface area (Å²) < 4.78 is 33.1. The molecule has 2 aromatic carbocycles. The van der Waals surface area contributed by atoms with Gasteiger partial charge in [0.1, 0.15) is 17.4 Å². The Bertz CT molecular complexity index is 1100. The summed E-state index contributed by atoms with van der Waals surface area (Å²) in [6.07, 6.45) is 3.35. The topological polar surface area (TPSA) is 85.2 Å². The van der Waals surface area contributed by atoms with Gasteiger partial charge in [-0.3, -0.25) is 20.4 Å². The van der Waals surface area contributed by atoms with E-state index < -0.39 is 17.6 Å². The quantitative estimate of drug-likeness (QED) is 0.615. The Morgan fingerprint density at radius 3 is 2.29 bits per heavy atom. The number of carbonyl (C=O) groups excluding carboxylic acids is 2. The van der Waals surface area contributed by atoms with E-state index in [-0.39, 0.29) is 18.1 Å². The molecule has 1 heterocycles. The number of hydrogen-bond donors (Lipinski definition) is 2. The maximum atomic E-state index is 13.3. The molecule has 2 amide bonds.